The van der Waals surface area contributed by atoms with Crippen molar-refractivity contribution in [3.8, 4) is 11.3 Å². The van der Waals surface area contributed by atoms with Crippen LogP contribution in [0.5, 0.6) is 0 Å². The number of carbonyl (C=O) groups is 1. The Morgan fingerprint density at radius 3 is 2.88 bits per heavy atom. The van der Waals surface area contributed by atoms with Gasteiger partial charge >= 0.3 is 0 Å². The maximum Gasteiger partial charge on any atom is 0.262 e. The molecule has 1 aliphatic heterocycles. The Labute approximate surface area is 148 Å². The molecule has 4 heterocycles. The number of furan rings is 1. The molecule has 0 aliphatic carbocycles. The van der Waals surface area contributed by atoms with Crippen molar-refractivity contribution in [2.75, 3.05) is 13.1 Å². The SMILES string of the molecule is CC(=O)N1CCC(Cn2cnc3scc(-c4ccco4)c3c2=O)CC1. The summed E-state index contributed by atoms with van der Waals surface area (Å²) in [7, 11) is 0. The van der Waals surface area contributed by atoms with E-state index in [0.29, 0.717) is 23.6 Å². The number of piperidine rings is 1. The molecule has 0 aromatic carbocycles. The first-order chi connectivity index (χ1) is 12.1. The second-order valence-electron chi connectivity index (χ2n) is 6.46. The van der Waals surface area contributed by atoms with Crippen LogP contribution >= 0.6 is 11.3 Å². The standard InChI is InChI=1S/C18H19N3O3S/c1-12(22)20-6-4-13(5-7-20)9-21-11-19-17-16(18(21)23)14(10-25-17)15-3-2-8-24-15/h2-3,8,10-11,13H,4-7,9H2,1H3. The molecule has 3 aromatic heterocycles. The molecule has 25 heavy (non-hydrogen) atoms. The van der Waals surface area contributed by atoms with E-state index in [4.69, 9.17) is 4.42 Å². The molecule has 0 unspecified atom stereocenters. The summed E-state index contributed by atoms with van der Waals surface area (Å²) >= 11 is 1.46. The summed E-state index contributed by atoms with van der Waals surface area (Å²) in [5, 5.41) is 2.55. The van der Waals surface area contributed by atoms with Gasteiger partial charge in [0.15, 0.2) is 0 Å². The lowest BCUT2D eigenvalue weighted by Gasteiger charge is -2.31. The third kappa shape index (κ3) is 3.00. The van der Waals surface area contributed by atoms with Gasteiger partial charge in [0.05, 0.1) is 18.0 Å². The zero-order chi connectivity index (χ0) is 17.4. The first-order valence-electron chi connectivity index (χ1n) is 8.39. The summed E-state index contributed by atoms with van der Waals surface area (Å²) in [5.41, 5.74) is 0.787. The molecule has 1 aliphatic rings. The predicted molar refractivity (Wildman–Crippen MR) is 96.6 cm³/mol. The van der Waals surface area contributed by atoms with Gasteiger partial charge in [-0.15, -0.1) is 11.3 Å². The smallest absolute Gasteiger partial charge is 0.262 e. The van der Waals surface area contributed by atoms with Gasteiger partial charge in [0.1, 0.15) is 10.6 Å². The third-order valence-electron chi connectivity index (χ3n) is 4.86. The number of hydrogen-bond acceptors (Lipinski definition) is 5. The summed E-state index contributed by atoms with van der Waals surface area (Å²) in [5.74, 6) is 1.20. The zero-order valence-electron chi connectivity index (χ0n) is 14.0. The molecule has 6 nitrogen and oxygen atoms in total. The third-order valence-corrected chi connectivity index (χ3v) is 5.75. The number of amides is 1. The second kappa shape index (κ2) is 6.48. The number of thiophene rings is 1. The molecule has 3 aromatic rings. The van der Waals surface area contributed by atoms with Crippen molar-refractivity contribution in [2.24, 2.45) is 5.92 Å². The van der Waals surface area contributed by atoms with Gasteiger partial charge in [-0.05, 0) is 30.9 Å². The summed E-state index contributed by atoms with van der Waals surface area (Å²) < 4.78 is 7.16. The number of hydrogen-bond donors (Lipinski definition) is 0. The van der Waals surface area contributed by atoms with Crippen LogP contribution in [0.2, 0.25) is 0 Å². The van der Waals surface area contributed by atoms with Crippen LogP contribution in [0.4, 0.5) is 0 Å². The number of likely N-dealkylation sites (tertiary alicyclic amines) is 1. The Bertz CT molecular complexity index is 950. The molecule has 0 radical (unpaired) electrons. The van der Waals surface area contributed by atoms with Gasteiger partial charge in [-0.1, -0.05) is 0 Å². The fourth-order valence-electron chi connectivity index (χ4n) is 3.42. The van der Waals surface area contributed by atoms with E-state index < -0.39 is 0 Å². The quantitative estimate of drug-likeness (QED) is 0.723. The molecule has 1 saturated heterocycles. The van der Waals surface area contributed by atoms with Crippen LogP contribution in [-0.4, -0.2) is 33.4 Å². The normalized spacial score (nSPS) is 15.8. The highest BCUT2D eigenvalue weighted by Gasteiger charge is 2.22. The summed E-state index contributed by atoms with van der Waals surface area (Å²) in [6.45, 7) is 3.78. The number of fused-ring (bicyclic) bond motifs is 1. The van der Waals surface area contributed by atoms with Crippen molar-refractivity contribution in [1.29, 1.82) is 0 Å². The second-order valence-corrected chi connectivity index (χ2v) is 7.32. The van der Waals surface area contributed by atoms with Crippen molar-refractivity contribution in [1.82, 2.24) is 14.5 Å². The van der Waals surface area contributed by atoms with Gasteiger partial charge in [-0.2, -0.15) is 0 Å². The van der Waals surface area contributed by atoms with E-state index in [1.165, 1.54) is 11.3 Å². The fourth-order valence-corrected chi connectivity index (χ4v) is 4.31. The Hall–Kier alpha value is -2.41. The molecule has 0 atom stereocenters. The van der Waals surface area contributed by atoms with E-state index in [1.54, 1.807) is 24.1 Å². The lowest BCUT2D eigenvalue weighted by atomic mass is 9.96. The van der Waals surface area contributed by atoms with Gasteiger partial charge in [0, 0.05) is 37.5 Å². The van der Waals surface area contributed by atoms with Gasteiger partial charge in [-0.3, -0.25) is 14.2 Å². The van der Waals surface area contributed by atoms with Gasteiger partial charge in [0.25, 0.3) is 5.56 Å². The summed E-state index contributed by atoms with van der Waals surface area (Å²) in [6, 6.07) is 3.67. The minimum absolute atomic E-state index is 0.0216. The topological polar surface area (TPSA) is 68.3 Å². The Morgan fingerprint density at radius 2 is 2.20 bits per heavy atom. The molecule has 0 saturated carbocycles. The Balaban J connectivity index is 1.61. The van der Waals surface area contributed by atoms with Gasteiger partial charge < -0.3 is 9.32 Å². The van der Waals surface area contributed by atoms with Crippen LogP contribution < -0.4 is 5.56 Å². The predicted octanol–water partition coefficient (Wildman–Crippen LogP) is 2.98. The first-order valence-corrected chi connectivity index (χ1v) is 9.27. The van der Waals surface area contributed by atoms with Crippen LogP contribution in [0.15, 0.2) is 39.3 Å². The Kier molecular flexibility index (Phi) is 4.17. The molecule has 0 N–H and O–H groups in total. The minimum Gasteiger partial charge on any atom is -0.464 e. The van der Waals surface area contributed by atoms with Crippen molar-refractivity contribution in [3.63, 3.8) is 0 Å². The maximum absolute atomic E-state index is 13.0. The van der Waals surface area contributed by atoms with Crippen molar-refractivity contribution in [2.45, 2.75) is 26.3 Å². The average molecular weight is 357 g/mol. The van der Waals surface area contributed by atoms with Crippen LogP contribution in [0.1, 0.15) is 19.8 Å². The number of nitrogens with zero attached hydrogens (tertiary/aromatic N) is 3. The van der Waals surface area contributed by atoms with E-state index >= 15 is 0 Å². The number of carbonyl (C=O) groups excluding carboxylic acids is 1. The zero-order valence-corrected chi connectivity index (χ0v) is 14.8. The van der Waals surface area contributed by atoms with Gasteiger partial charge in [0.2, 0.25) is 5.91 Å². The van der Waals surface area contributed by atoms with Crippen LogP contribution in [-0.2, 0) is 11.3 Å². The molecule has 130 valence electrons. The van der Waals surface area contributed by atoms with E-state index in [2.05, 4.69) is 4.98 Å². The maximum atomic E-state index is 13.0. The lowest BCUT2D eigenvalue weighted by molar-refractivity contribution is -0.130. The lowest BCUT2D eigenvalue weighted by Crippen LogP contribution is -2.38. The van der Waals surface area contributed by atoms with Crippen molar-refractivity contribution >= 4 is 27.5 Å². The van der Waals surface area contributed by atoms with Crippen molar-refractivity contribution in [3.05, 3.63) is 40.5 Å². The molecule has 1 fully saturated rings. The fraction of sp³-hybridized carbons (Fsp3) is 0.389. The molecule has 4 rings (SSSR count). The summed E-state index contributed by atoms with van der Waals surface area (Å²) in [6.07, 6.45) is 5.08. The monoisotopic (exact) mass is 357 g/mol. The van der Waals surface area contributed by atoms with Crippen molar-refractivity contribution < 1.29 is 9.21 Å². The molecular weight excluding hydrogens is 338 g/mol. The van der Waals surface area contributed by atoms with E-state index in [-0.39, 0.29) is 11.5 Å². The molecule has 0 bridgehead atoms. The molecular formula is C18H19N3O3S. The molecule has 1 amide bonds. The van der Waals surface area contributed by atoms with Crippen LogP contribution in [0.25, 0.3) is 21.5 Å². The number of rotatable bonds is 3. The van der Waals surface area contributed by atoms with Crippen LogP contribution in [0.3, 0.4) is 0 Å². The Morgan fingerprint density at radius 1 is 1.40 bits per heavy atom. The first kappa shape index (κ1) is 16.1. The minimum atomic E-state index is -0.0216. The summed E-state index contributed by atoms with van der Waals surface area (Å²) in [4.78, 5) is 31.5. The van der Waals surface area contributed by atoms with Gasteiger partial charge in [-0.25, -0.2) is 4.98 Å². The van der Waals surface area contributed by atoms with Crippen LogP contribution in [0, 0.1) is 5.92 Å². The highest BCUT2D eigenvalue weighted by molar-refractivity contribution is 7.17. The van der Waals surface area contributed by atoms with E-state index in [1.807, 2.05) is 22.4 Å². The molecule has 0 spiro atoms. The average Bonchev–Trinajstić information content (AvgIpc) is 3.27. The van der Waals surface area contributed by atoms with E-state index in [0.717, 1.165) is 36.3 Å². The largest absolute Gasteiger partial charge is 0.464 e. The molecule has 7 heteroatoms. The highest BCUT2D eigenvalue weighted by Crippen LogP contribution is 2.31. The number of aromatic nitrogens is 2. The highest BCUT2D eigenvalue weighted by atomic mass is 32.1. The van der Waals surface area contributed by atoms with E-state index in [9.17, 15) is 9.59 Å².